The van der Waals surface area contributed by atoms with Gasteiger partial charge < -0.3 is 21.8 Å². The molecule has 168 valence electrons. The number of carbonyl (C=O) groups is 1. The highest BCUT2D eigenvalue weighted by Gasteiger charge is 2.20. The lowest BCUT2D eigenvalue weighted by Gasteiger charge is -2.19. The predicted octanol–water partition coefficient (Wildman–Crippen LogP) is 2.83. The van der Waals surface area contributed by atoms with Crippen molar-refractivity contribution in [1.29, 1.82) is 10.7 Å². The van der Waals surface area contributed by atoms with Crippen molar-refractivity contribution in [3.8, 4) is 6.07 Å². The van der Waals surface area contributed by atoms with Gasteiger partial charge in [-0.15, -0.1) is 12.6 Å². The smallest absolute Gasteiger partial charge is 0.240 e. The number of nitrogens with zero attached hydrogens (tertiary/aromatic N) is 1. The SMILES string of the molecule is CC(=N)/C=C(\S)Nc1cc(N[C@H](Cc2ccc(S(C)(=O)=O)cc2)C(N)=O)c(F)cc1C#N. The largest absolute Gasteiger partial charge is 0.371 e. The standard InChI is InChI=1S/C21H22FN5O3S2/c1-12(24)7-20(31)27-17-10-18(16(22)9-14(17)11-23)26-19(21(25)28)8-13-3-5-15(6-4-13)32(2,29)30/h3-7,9-10,19,24,26-27,31H,8H2,1-2H3,(H2,25,28)/b20-7-,24-12?/t19-/m1/s1. The Hall–Kier alpha value is -3.36. The molecule has 8 nitrogen and oxygen atoms in total. The number of amides is 1. The highest BCUT2D eigenvalue weighted by molar-refractivity contribution is 7.90. The zero-order valence-electron chi connectivity index (χ0n) is 17.3. The van der Waals surface area contributed by atoms with Gasteiger partial charge in [-0.25, -0.2) is 12.8 Å². The van der Waals surface area contributed by atoms with Crippen molar-refractivity contribution >= 4 is 45.5 Å². The maximum atomic E-state index is 14.6. The summed E-state index contributed by atoms with van der Waals surface area (Å²) in [7, 11) is -3.36. The van der Waals surface area contributed by atoms with Gasteiger partial charge in [0.25, 0.3) is 0 Å². The molecule has 5 N–H and O–H groups in total. The molecule has 0 aliphatic rings. The number of nitrogens with one attached hydrogen (secondary N) is 3. The Morgan fingerprint density at radius 2 is 1.94 bits per heavy atom. The first-order valence-corrected chi connectivity index (χ1v) is 11.6. The van der Waals surface area contributed by atoms with Crippen molar-refractivity contribution in [2.24, 2.45) is 5.73 Å². The van der Waals surface area contributed by atoms with E-state index >= 15 is 0 Å². The van der Waals surface area contributed by atoms with Crippen LogP contribution >= 0.6 is 12.6 Å². The Morgan fingerprint density at radius 1 is 1.31 bits per heavy atom. The lowest BCUT2D eigenvalue weighted by molar-refractivity contribution is -0.118. The summed E-state index contributed by atoms with van der Waals surface area (Å²) < 4.78 is 37.8. The summed E-state index contributed by atoms with van der Waals surface area (Å²) in [6, 6.07) is 9.10. The van der Waals surface area contributed by atoms with Crippen LogP contribution in [-0.2, 0) is 21.1 Å². The fourth-order valence-corrected chi connectivity index (χ4v) is 3.72. The first-order chi connectivity index (χ1) is 14.9. The molecule has 0 aliphatic heterocycles. The number of allylic oxidation sites excluding steroid dienone is 1. The normalized spacial score (nSPS) is 12.5. The van der Waals surface area contributed by atoms with E-state index in [2.05, 4.69) is 23.3 Å². The number of thiol groups is 1. The van der Waals surface area contributed by atoms with Gasteiger partial charge in [-0.05, 0) is 42.8 Å². The van der Waals surface area contributed by atoms with Crippen LogP contribution in [0.5, 0.6) is 0 Å². The van der Waals surface area contributed by atoms with Crippen LogP contribution in [-0.4, -0.2) is 32.3 Å². The van der Waals surface area contributed by atoms with E-state index in [1.165, 1.54) is 24.3 Å². The molecule has 0 aliphatic carbocycles. The number of halogens is 1. The molecule has 11 heteroatoms. The van der Waals surface area contributed by atoms with Gasteiger partial charge in [-0.1, -0.05) is 12.1 Å². The molecular weight excluding hydrogens is 453 g/mol. The van der Waals surface area contributed by atoms with Crippen LogP contribution in [0.15, 0.2) is 52.4 Å². The lowest BCUT2D eigenvalue weighted by atomic mass is 10.0. The van der Waals surface area contributed by atoms with Crippen molar-refractivity contribution in [3.63, 3.8) is 0 Å². The maximum Gasteiger partial charge on any atom is 0.240 e. The summed E-state index contributed by atoms with van der Waals surface area (Å²) in [6.07, 6.45) is 2.57. The van der Waals surface area contributed by atoms with Crippen molar-refractivity contribution in [1.82, 2.24) is 0 Å². The zero-order valence-corrected chi connectivity index (χ0v) is 19.0. The summed E-state index contributed by atoms with van der Waals surface area (Å²) in [4.78, 5) is 12.1. The molecule has 2 aromatic rings. The highest BCUT2D eigenvalue weighted by atomic mass is 32.2. The highest BCUT2D eigenvalue weighted by Crippen LogP contribution is 2.27. The lowest BCUT2D eigenvalue weighted by Crippen LogP contribution is -2.37. The van der Waals surface area contributed by atoms with Crippen LogP contribution in [0.3, 0.4) is 0 Å². The molecule has 0 saturated carbocycles. The number of carbonyl (C=O) groups excluding carboxylic acids is 1. The summed E-state index contributed by atoms with van der Waals surface area (Å²) in [5.41, 5.74) is 6.46. The quantitative estimate of drug-likeness (QED) is 0.278. The van der Waals surface area contributed by atoms with Gasteiger partial charge >= 0.3 is 0 Å². The molecule has 2 rings (SSSR count). The van der Waals surface area contributed by atoms with E-state index in [-0.39, 0.29) is 39.0 Å². The topological polar surface area (TPSA) is 149 Å². The summed E-state index contributed by atoms with van der Waals surface area (Å²) in [5.74, 6) is -1.51. The number of anilines is 2. The molecule has 0 heterocycles. The van der Waals surface area contributed by atoms with Gasteiger partial charge in [0.15, 0.2) is 9.84 Å². The van der Waals surface area contributed by atoms with Gasteiger partial charge in [-0.3, -0.25) is 4.79 Å². The van der Waals surface area contributed by atoms with Gasteiger partial charge in [0.1, 0.15) is 17.9 Å². The monoisotopic (exact) mass is 475 g/mol. The Labute approximate surface area is 191 Å². The van der Waals surface area contributed by atoms with Gasteiger partial charge in [0.05, 0.1) is 26.9 Å². The van der Waals surface area contributed by atoms with Crippen molar-refractivity contribution in [2.75, 3.05) is 16.9 Å². The van der Waals surface area contributed by atoms with Gasteiger partial charge in [0.2, 0.25) is 5.91 Å². The Morgan fingerprint density at radius 3 is 2.44 bits per heavy atom. The molecular formula is C21H22FN5O3S2. The van der Waals surface area contributed by atoms with Crippen LogP contribution in [0.25, 0.3) is 0 Å². The second kappa shape index (κ2) is 10.3. The molecule has 0 aromatic heterocycles. The molecule has 0 spiro atoms. The minimum absolute atomic E-state index is 0.00243. The zero-order chi connectivity index (χ0) is 24.1. The van der Waals surface area contributed by atoms with E-state index in [1.807, 2.05) is 6.07 Å². The third kappa shape index (κ3) is 6.83. The first kappa shape index (κ1) is 24.9. The number of benzene rings is 2. The third-order valence-corrected chi connectivity index (χ3v) is 5.68. The van der Waals surface area contributed by atoms with E-state index in [0.717, 1.165) is 12.3 Å². The predicted molar refractivity (Wildman–Crippen MR) is 125 cm³/mol. The minimum Gasteiger partial charge on any atom is -0.371 e. The van der Waals surface area contributed by atoms with Gasteiger partial charge in [0, 0.05) is 18.4 Å². The average Bonchev–Trinajstić information content (AvgIpc) is 2.68. The minimum atomic E-state index is -3.36. The fraction of sp³-hybridized carbons (Fsp3) is 0.190. The fourth-order valence-electron chi connectivity index (χ4n) is 2.78. The Balaban J connectivity index is 2.32. The molecule has 0 saturated heterocycles. The van der Waals surface area contributed by atoms with E-state index in [1.54, 1.807) is 19.1 Å². The van der Waals surface area contributed by atoms with Crippen molar-refractivity contribution < 1.29 is 17.6 Å². The number of hydrogen-bond donors (Lipinski definition) is 5. The number of rotatable bonds is 9. The number of hydrogen-bond acceptors (Lipinski definition) is 8. The summed E-state index contributed by atoms with van der Waals surface area (Å²) >= 11 is 4.19. The van der Waals surface area contributed by atoms with Crippen LogP contribution in [0.1, 0.15) is 18.1 Å². The molecule has 0 bridgehead atoms. The van der Waals surface area contributed by atoms with Crippen LogP contribution < -0.4 is 16.4 Å². The van der Waals surface area contributed by atoms with E-state index in [4.69, 9.17) is 11.1 Å². The number of nitrogens with two attached hydrogens (primary N) is 1. The van der Waals surface area contributed by atoms with E-state index < -0.39 is 27.6 Å². The Bertz CT molecular complexity index is 1220. The number of sulfone groups is 1. The van der Waals surface area contributed by atoms with Crippen molar-refractivity contribution in [3.05, 3.63) is 64.4 Å². The molecule has 0 radical (unpaired) electrons. The number of nitriles is 1. The molecule has 32 heavy (non-hydrogen) atoms. The van der Waals surface area contributed by atoms with Crippen LogP contribution in [0.2, 0.25) is 0 Å². The molecule has 0 unspecified atom stereocenters. The van der Waals surface area contributed by atoms with E-state index in [9.17, 15) is 22.9 Å². The second-order valence-corrected chi connectivity index (χ2v) is 9.54. The molecule has 1 atom stereocenters. The molecule has 1 amide bonds. The molecule has 2 aromatic carbocycles. The summed E-state index contributed by atoms with van der Waals surface area (Å²) in [5, 5.41) is 22.6. The van der Waals surface area contributed by atoms with Crippen molar-refractivity contribution in [2.45, 2.75) is 24.3 Å². The molecule has 0 fully saturated rings. The summed E-state index contributed by atoms with van der Waals surface area (Å²) in [6.45, 7) is 1.54. The van der Waals surface area contributed by atoms with Crippen LogP contribution in [0, 0.1) is 22.6 Å². The first-order valence-electron chi connectivity index (χ1n) is 9.22. The van der Waals surface area contributed by atoms with E-state index in [0.29, 0.717) is 5.56 Å². The third-order valence-electron chi connectivity index (χ3n) is 4.31. The Kier molecular flexibility index (Phi) is 8.02. The average molecular weight is 476 g/mol. The van der Waals surface area contributed by atoms with Gasteiger partial charge in [-0.2, -0.15) is 5.26 Å². The number of primary amides is 1. The second-order valence-electron chi connectivity index (χ2n) is 7.05. The van der Waals surface area contributed by atoms with Crippen LogP contribution in [0.4, 0.5) is 15.8 Å². The maximum absolute atomic E-state index is 14.6.